The summed E-state index contributed by atoms with van der Waals surface area (Å²) in [5.74, 6) is 0.189. The summed E-state index contributed by atoms with van der Waals surface area (Å²) in [7, 11) is 0. The van der Waals surface area contributed by atoms with Gasteiger partial charge in [0.05, 0.1) is 23.0 Å². The molecule has 1 aliphatic carbocycles. The summed E-state index contributed by atoms with van der Waals surface area (Å²) < 4.78 is 2.08. The Morgan fingerprint density at radius 2 is 2.10 bits per heavy atom. The number of aryl methyl sites for hydroxylation is 1. The summed E-state index contributed by atoms with van der Waals surface area (Å²) in [5.41, 5.74) is 0.900. The highest BCUT2D eigenvalue weighted by Crippen LogP contribution is 2.27. The fraction of sp³-hybridized carbons (Fsp3) is 0.529. The summed E-state index contributed by atoms with van der Waals surface area (Å²) in [4.78, 5) is 14.4. The molecule has 0 aromatic carbocycles. The van der Waals surface area contributed by atoms with Gasteiger partial charge in [-0.25, -0.2) is 0 Å². The van der Waals surface area contributed by atoms with E-state index in [9.17, 15) is 4.79 Å². The van der Waals surface area contributed by atoms with Crippen LogP contribution in [0.1, 0.15) is 65.3 Å². The van der Waals surface area contributed by atoms with Gasteiger partial charge in [0.2, 0.25) is 0 Å². The molecule has 1 fully saturated rings. The zero-order chi connectivity index (χ0) is 14.7. The van der Waals surface area contributed by atoms with E-state index in [2.05, 4.69) is 22.8 Å². The van der Waals surface area contributed by atoms with Crippen LogP contribution in [-0.4, -0.2) is 15.6 Å². The van der Waals surface area contributed by atoms with E-state index in [0.717, 1.165) is 17.0 Å². The van der Waals surface area contributed by atoms with Crippen molar-refractivity contribution < 1.29 is 4.79 Å². The first kappa shape index (κ1) is 14.5. The molecule has 3 nitrogen and oxygen atoms in total. The van der Waals surface area contributed by atoms with Crippen molar-refractivity contribution in [2.24, 2.45) is 0 Å². The first-order valence-electron chi connectivity index (χ1n) is 7.92. The Morgan fingerprint density at radius 3 is 2.81 bits per heavy atom. The minimum atomic E-state index is 0.189. The van der Waals surface area contributed by atoms with Crippen molar-refractivity contribution in [3.63, 3.8) is 0 Å². The molecule has 2 heterocycles. The van der Waals surface area contributed by atoms with Gasteiger partial charge in [-0.3, -0.25) is 9.48 Å². The molecule has 2 aromatic heterocycles. The van der Waals surface area contributed by atoms with Crippen LogP contribution in [-0.2, 0) is 12.8 Å². The number of hydrogen-bond acceptors (Lipinski definition) is 3. The molecule has 3 rings (SSSR count). The second-order valence-corrected chi connectivity index (χ2v) is 6.97. The van der Waals surface area contributed by atoms with E-state index in [1.807, 2.05) is 18.3 Å². The van der Waals surface area contributed by atoms with E-state index in [4.69, 9.17) is 0 Å². The van der Waals surface area contributed by atoms with Gasteiger partial charge >= 0.3 is 0 Å². The molecule has 1 saturated carbocycles. The zero-order valence-electron chi connectivity index (χ0n) is 12.5. The lowest BCUT2D eigenvalue weighted by Gasteiger charge is -2.21. The highest BCUT2D eigenvalue weighted by molar-refractivity contribution is 7.14. The van der Waals surface area contributed by atoms with Crippen molar-refractivity contribution in [3.8, 4) is 0 Å². The standard InChI is InChI=1S/C17H22N2OS/c1-2-15-8-9-17(21-15)16(20)12-13-10-11-19(18-13)14-6-4-3-5-7-14/h8-11,14H,2-7,12H2,1H3. The third kappa shape index (κ3) is 3.43. The number of rotatable bonds is 5. The van der Waals surface area contributed by atoms with E-state index in [0.29, 0.717) is 12.5 Å². The van der Waals surface area contributed by atoms with Crippen LogP contribution in [0.5, 0.6) is 0 Å². The maximum atomic E-state index is 12.3. The van der Waals surface area contributed by atoms with Crippen LogP contribution in [0.15, 0.2) is 24.4 Å². The van der Waals surface area contributed by atoms with E-state index < -0.39 is 0 Å². The van der Waals surface area contributed by atoms with Gasteiger partial charge in [0, 0.05) is 11.1 Å². The fourth-order valence-corrected chi connectivity index (χ4v) is 3.88. The monoisotopic (exact) mass is 302 g/mol. The number of ketones is 1. The van der Waals surface area contributed by atoms with Crippen LogP contribution in [0, 0.1) is 0 Å². The quantitative estimate of drug-likeness (QED) is 0.765. The SMILES string of the molecule is CCc1ccc(C(=O)Cc2ccn(C3CCCCC3)n2)s1. The van der Waals surface area contributed by atoms with Crippen molar-refractivity contribution in [3.05, 3.63) is 39.8 Å². The molecule has 0 saturated heterocycles. The molecule has 21 heavy (non-hydrogen) atoms. The Balaban J connectivity index is 1.64. The maximum Gasteiger partial charge on any atom is 0.178 e. The predicted molar refractivity (Wildman–Crippen MR) is 86.1 cm³/mol. The van der Waals surface area contributed by atoms with Crippen molar-refractivity contribution >= 4 is 17.1 Å². The van der Waals surface area contributed by atoms with Crippen molar-refractivity contribution in [1.82, 2.24) is 9.78 Å². The molecule has 112 valence electrons. The zero-order valence-corrected chi connectivity index (χ0v) is 13.4. The predicted octanol–water partition coefficient (Wildman–Crippen LogP) is 4.44. The normalized spacial score (nSPS) is 16.2. The lowest BCUT2D eigenvalue weighted by molar-refractivity contribution is 0.0995. The Bertz CT molecular complexity index is 608. The molecule has 0 unspecified atom stereocenters. The van der Waals surface area contributed by atoms with Crippen LogP contribution in [0.4, 0.5) is 0 Å². The summed E-state index contributed by atoms with van der Waals surface area (Å²) in [6, 6.07) is 6.54. The first-order valence-corrected chi connectivity index (χ1v) is 8.74. The average molecular weight is 302 g/mol. The van der Waals surface area contributed by atoms with Crippen LogP contribution in [0.3, 0.4) is 0 Å². The lowest BCUT2D eigenvalue weighted by Crippen LogP contribution is -2.14. The number of carbonyl (C=O) groups is 1. The van der Waals surface area contributed by atoms with Crippen molar-refractivity contribution in [2.75, 3.05) is 0 Å². The summed E-state index contributed by atoms with van der Waals surface area (Å²) >= 11 is 1.61. The maximum absolute atomic E-state index is 12.3. The van der Waals surface area contributed by atoms with Gasteiger partial charge in [-0.15, -0.1) is 11.3 Å². The number of nitrogens with zero attached hydrogens (tertiary/aromatic N) is 2. The third-order valence-electron chi connectivity index (χ3n) is 4.24. The second-order valence-electron chi connectivity index (χ2n) is 5.80. The van der Waals surface area contributed by atoms with Gasteiger partial charge in [-0.2, -0.15) is 5.10 Å². The smallest absolute Gasteiger partial charge is 0.178 e. The Labute approximate surface area is 130 Å². The average Bonchev–Trinajstić information content (AvgIpc) is 3.17. The van der Waals surface area contributed by atoms with Crippen molar-refractivity contribution in [1.29, 1.82) is 0 Å². The van der Waals surface area contributed by atoms with Crippen LogP contribution in [0.2, 0.25) is 0 Å². The number of thiophene rings is 1. The first-order chi connectivity index (χ1) is 10.3. The number of carbonyl (C=O) groups excluding carboxylic acids is 1. The molecule has 0 amide bonds. The summed E-state index contributed by atoms with van der Waals surface area (Å²) in [6.07, 6.45) is 9.85. The van der Waals surface area contributed by atoms with Gasteiger partial charge in [0.25, 0.3) is 0 Å². The molecular weight excluding hydrogens is 280 g/mol. The summed E-state index contributed by atoms with van der Waals surface area (Å²) in [5, 5.41) is 4.63. The highest BCUT2D eigenvalue weighted by atomic mass is 32.1. The van der Waals surface area contributed by atoms with E-state index in [-0.39, 0.29) is 5.78 Å². The molecule has 0 aliphatic heterocycles. The van der Waals surface area contributed by atoms with Crippen LogP contribution < -0.4 is 0 Å². The van der Waals surface area contributed by atoms with Gasteiger partial charge < -0.3 is 0 Å². The number of hydrogen-bond donors (Lipinski definition) is 0. The lowest BCUT2D eigenvalue weighted by atomic mass is 9.96. The topological polar surface area (TPSA) is 34.9 Å². The second kappa shape index (κ2) is 6.56. The Morgan fingerprint density at radius 1 is 1.29 bits per heavy atom. The van der Waals surface area contributed by atoms with E-state index in [1.54, 1.807) is 11.3 Å². The van der Waals surface area contributed by atoms with Gasteiger partial charge in [-0.05, 0) is 37.5 Å². The molecule has 2 aromatic rings. The largest absolute Gasteiger partial charge is 0.293 e. The Kier molecular flexibility index (Phi) is 4.54. The van der Waals surface area contributed by atoms with E-state index >= 15 is 0 Å². The van der Waals surface area contributed by atoms with Gasteiger partial charge in [0.15, 0.2) is 5.78 Å². The molecule has 1 aliphatic rings. The number of aromatic nitrogens is 2. The molecular formula is C17H22N2OS. The summed E-state index contributed by atoms with van der Waals surface area (Å²) in [6.45, 7) is 2.12. The fourth-order valence-electron chi connectivity index (χ4n) is 2.99. The minimum Gasteiger partial charge on any atom is -0.293 e. The molecule has 0 atom stereocenters. The van der Waals surface area contributed by atoms with Gasteiger partial charge in [-0.1, -0.05) is 26.2 Å². The third-order valence-corrected chi connectivity index (χ3v) is 5.51. The van der Waals surface area contributed by atoms with Crippen LogP contribution >= 0.6 is 11.3 Å². The van der Waals surface area contributed by atoms with Crippen LogP contribution in [0.25, 0.3) is 0 Å². The van der Waals surface area contributed by atoms with Crippen molar-refractivity contribution in [2.45, 2.75) is 57.9 Å². The number of Topliss-reactive ketones (excluding diaryl/α,β-unsaturated/α-hetero) is 1. The van der Waals surface area contributed by atoms with Gasteiger partial charge in [0.1, 0.15) is 0 Å². The molecule has 0 spiro atoms. The highest BCUT2D eigenvalue weighted by Gasteiger charge is 2.17. The Hall–Kier alpha value is -1.42. The molecule has 4 heteroatoms. The molecule has 0 bridgehead atoms. The molecule has 0 N–H and O–H groups in total. The van der Waals surface area contributed by atoms with E-state index in [1.165, 1.54) is 37.0 Å². The minimum absolute atomic E-state index is 0.189. The molecule has 0 radical (unpaired) electrons.